The van der Waals surface area contributed by atoms with Crippen molar-refractivity contribution in [1.82, 2.24) is 0 Å². The molecule has 0 aromatic carbocycles. The van der Waals surface area contributed by atoms with Gasteiger partial charge < -0.3 is 109 Å². The summed E-state index contributed by atoms with van der Waals surface area (Å²) in [4.78, 5) is 0. The molecule has 0 aromatic rings. The zero-order valence-electron chi connectivity index (χ0n) is 44.6. The third-order valence-electron chi connectivity index (χ3n) is 20.5. The molecule has 4 saturated heterocycles. The molecule has 4 aliphatic heterocycles. The highest BCUT2D eigenvalue weighted by Gasteiger charge is 2.71. The summed E-state index contributed by atoms with van der Waals surface area (Å²) in [6.45, 7) is 12.2. The van der Waals surface area contributed by atoms with Crippen LogP contribution >= 0.6 is 0 Å². The Morgan fingerprint density at radius 2 is 1.21 bits per heavy atom. The zero-order chi connectivity index (χ0) is 54.9. The second-order valence-electron chi connectivity index (χ2n) is 25.0. The van der Waals surface area contributed by atoms with Gasteiger partial charge in [0.05, 0.1) is 44.2 Å². The van der Waals surface area contributed by atoms with Crippen molar-refractivity contribution < 1.29 is 109 Å². The average molecular weight is 1080 g/mol. The van der Waals surface area contributed by atoms with Gasteiger partial charge in [0.2, 0.25) is 0 Å². The highest BCUT2D eigenvalue weighted by molar-refractivity contribution is 5.20. The normalized spacial score (nSPS) is 51.7. The number of hydrogen-bond acceptors (Lipinski definition) is 22. The minimum atomic E-state index is -1.81. The van der Waals surface area contributed by atoms with Crippen LogP contribution in [0.25, 0.3) is 0 Å². The number of aliphatic hydroxyl groups excluding tert-OH is 13. The van der Waals surface area contributed by atoms with Gasteiger partial charge in [0.25, 0.3) is 0 Å². The Morgan fingerprint density at radius 1 is 0.600 bits per heavy atom. The highest BCUT2D eigenvalue weighted by Crippen LogP contribution is 2.76. The maximum Gasteiger partial charge on any atom is 0.187 e. The zero-order valence-corrected chi connectivity index (χ0v) is 44.6. The Labute approximate surface area is 439 Å². The van der Waals surface area contributed by atoms with E-state index in [1.807, 2.05) is 13.8 Å². The van der Waals surface area contributed by atoms with Crippen molar-refractivity contribution in [3.8, 4) is 0 Å². The van der Waals surface area contributed by atoms with E-state index in [1.54, 1.807) is 0 Å². The maximum absolute atomic E-state index is 12.9. The van der Waals surface area contributed by atoms with Crippen molar-refractivity contribution >= 4 is 0 Å². The molecule has 0 aromatic heterocycles. The van der Waals surface area contributed by atoms with E-state index < -0.39 is 159 Å². The summed E-state index contributed by atoms with van der Waals surface area (Å²) in [7, 11) is 0. The van der Waals surface area contributed by atoms with Gasteiger partial charge in [-0.15, -0.1) is 0 Å². The predicted molar refractivity (Wildman–Crippen MR) is 260 cm³/mol. The second-order valence-corrected chi connectivity index (χ2v) is 25.0. The lowest BCUT2D eigenvalue weighted by Gasteiger charge is -2.70. The van der Waals surface area contributed by atoms with Crippen LogP contribution in [0.15, 0.2) is 11.6 Å². The molecule has 28 atom stereocenters. The van der Waals surface area contributed by atoms with Gasteiger partial charge in [0.1, 0.15) is 85.5 Å². The van der Waals surface area contributed by atoms with Crippen LogP contribution in [-0.2, 0) is 37.9 Å². The van der Waals surface area contributed by atoms with Gasteiger partial charge in [-0.25, -0.2) is 0 Å². The molecule has 0 spiro atoms. The van der Waals surface area contributed by atoms with Gasteiger partial charge in [0.15, 0.2) is 25.2 Å². The Kier molecular flexibility index (Phi) is 18.4. The first kappa shape index (κ1) is 60.0. The van der Waals surface area contributed by atoms with E-state index in [0.717, 1.165) is 31.3 Å². The molecule has 0 bridgehead atoms. The first-order valence-electron chi connectivity index (χ1n) is 27.4. The third-order valence-corrected chi connectivity index (χ3v) is 20.5. The topological polar surface area (TPSA) is 357 Å². The lowest BCUT2D eigenvalue weighted by molar-refractivity contribution is -0.395. The lowest BCUT2D eigenvalue weighted by atomic mass is 9.35. The minimum Gasteiger partial charge on any atom is -0.396 e. The molecule has 4 saturated carbocycles. The molecule has 8 aliphatic rings. The van der Waals surface area contributed by atoms with Crippen molar-refractivity contribution in [2.24, 2.45) is 45.3 Å². The molecule has 434 valence electrons. The summed E-state index contributed by atoms with van der Waals surface area (Å²) in [6.07, 6.45) is -21.3. The molecule has 8 rings (SSSR count). The Balaban J connectivity index is 1.04. The van der Waals surface area contributed by atoms with Crippen LogP contribution in [0.4, 0.5) is 0 Å². The Bertz CT molecular complexity index is 1930. The number of rotatable bonds is 16. The summed E-state index contributed by atoms with van der Waals surface area (Å²) in [5.74, 6) is -0.228. The molecule has 22 heteroatoms. The van der Waals surface area contributed by atoms with Gasteiger partial charge in [-0.2, -0.15) is 0 Å². The van der Waals surface area contributed by atoms with E-state index >= 15 is 0 Å². The van der Waals surface area contributed by atoms with Crippen molar-refractivity contribution in [2.45, 2.75) is 241 Å². The molecule has 75 heavy (non-hydrogen) atoms. The highest BCUT2D eigenvalue weighted by atomic mass is 16.8. The van der Waals surface area contributed by atoms with Gasteiger partial charge in [-0.1, -0.05) is 39.3 Å². The molecule has 4 aliphatic carbocycles. The van der Waals surface area contributed by atoms with E-state index in [2.05, 4.69) is 33.8 Å². The van der Waals surface area contributed by atoms with Crippen LogP contribution in [0.3, 0.4) is 0 Å². The fraction of sp³-hybridized carbons (Fsp3) is 0.962. The van der Waals surface area contributed by atoms with Gasteiger partial charge in [0, 0.05) is 12.0 Å². The predicted octanol–water partition coefficient (Wildman–Crippen LogP) is -1.56. The van der Waals surface area contributed by atoms with Crippen LogP contribution in [0.2, 0.25) is 0 Å². The third kappa shape index (κ3) is 10.6. The molecule has 14 N–H and O–H groups in total. The van der Waals surface area contributed by atoms with E-state index in [-0.39, 0.29) is 47.7 Å². The van der Waals surface area contributed by atoms with Crippen LogP contribution in [0.1, 0.15) is 113 Å². The van der Waals surface area contributed by atoms with E-state index in [1.165, 1.54) is 6.92 Å². The van der Waals surface area contributed by atoms with Crippen LogP contribution < -0.4 is 0 Å². The van der Waals surface area contributed by atoms with Gasteiger partial charge in [-0.05, 0) is 125 Å². The number of ether oxygens (including phenoxy) is 8. The minimum absolute atomic E-state index is 0.0479. The van der Waals surface area contributed by atoms with E-state index in [9.17, 15) is 71.5 Å². The Morgan fingerprint density at radius 3 is 1.88 bits per heavy atom. The molecule has 8 fully saturated rings. The summed E-state index contributed by atoms with van der Waals surface area (Å²) in [5.41, 5.74) is -2.12. The molecule has 4 heterocycles. The summed E-state index contributed by atoms with van der Waals surface area (Å²) >= 11 is 0. The second kappa shape index (κ2) is 23.0. The number of allylic oxidation sites excluding steroid dienone is 2. The van der Waals surface area contributed by atoms with Crippen molar-refractivity contribution in [1.29, 1.82) is 0 Å². The lowest BCUT2D eigenvalue weighted by Crippen LogP contribution is -2.68. The monoisotopic (exact) mass is 1080 g/mol. The number of aliphatic hydroxyl groups is 14. The number of hydrogen-bond donors (Lipinski definition) is 14. The van der Waals surface area contributed by atoms with Crippen molar-refractivity contribution in [2.75, 3.05) is 33.0 Å². The SMILES string of the molecule is CC(C)=CCC[C@@](O)(CO[C@@H]1O[C@H](CO)[C@@H](O)[C@H](O)[C@H]1O)[C@H]1CC[C@]2(C)[C@@H]1CC[C@@H]1[C@@]3(CO)CC[C@H](O[C@@H]4O[C@H](CO)[C@@H](O)[C@H](O[C@@H]5OC[C@@H](O)[C@H](O)[C@H]5O)[C@H]4O[C@@H]4O[C@@H](C)[C@H](O)[C@@H](O)[C@H]4O)C(C)(C)[C@@H]3CC[C@]12C. The molecule has 0 radical (unpaired) electrons. The van der Waals surface area contributed by atoms with Crippen molar-refractivity contribution in [3.05, 3.63) is 11.6 Å². The quantitative estimate of drug-likeness (QED) is 0.0614. The summed E-state index contributed by atoms with van der Waals surface area (Å²) in [5, 5.41) is 153. The molecule has 0 amide bonds. The largest absolute Gasteiger partial charge is 0.396 e. The van der Waals surface area contributed by atoms with Gasteiger partial charge in [-0.3, -0.25) is 0 Å². The molecular formula is C53H90O22. The van der Waals surface area contributed by atoms with Gasteiger partial charge >= 0.3 is 0 Å². The maximum atomic E-state index is 12.9. The van der Waals surface area contributed by atoms with E-state index in [0.29, 0.717) is 38.5 Å². The fourth-order valence-electron chi connectivity index (χ4n) is 15.9. The Hall–Kier alpha value is -1.14. The fourth-order valence-corrected chi connectivity index (χ4v) is 15.9. The van der Waals surface area contributed by atoms with Crippen LogP contribution in [0.5, 0.6) is 0 Å². The average Bonchev–Trinajstić information content (AvgIpc) is 3.74. The smallest absolute Gasteiger partial charge is 0.187 e. The standard InChI is InChI=1S/C53H90O22/c1-24(2)9-8-15-53(67,23-69-46-41(65)39(63)36(60)29(19-54)71-46)27-12-16-50(6)26(27)10-11-32-51(50,7)17-13-31-49(4,5)33(14-18-52(31,32)22-56)73-48-44(75-47-42(66)38(62)34(58)25(3)70-47)43(37(61)30(20-55)72-48)74-45-40(64)35(59)28(57)21-68-45/h9,25-48,54-67H,8,10-23H2,1-7H3/t25-,26+,27-,28+,29+,30+,31-,32-,33-,34-,35-,36+,37+,38+,39-,40+,41+,42+,43-,44+,45-,46+,47-,48-,50+,51+,52+,53+/m0/s1. The number of fused-ring (bicyclic) bond motifs is 5. The summed E-state index contributed by atoms with van der Waals surface area (Å²) in [6, 6.07) is 0. The van der Waals surface area contributed by atoms with Crippen LogP contribution in [0, 0.1) is 45.3 Å². The molecule has 0 unspecified atom stereocenters. The van der Waals surface area contributed by atoms with Crippen molar-refractivity contribution in [3.63, 3.8) is 0 Å². The first-order valence-corrected chi connectivity index (χ1v) is 27.4. The van der Waals surface area contributed by atoms with E-state index in [4.69, 9.17) is 37.9 Å². The van der Waals surface area contributed by atoms with Crippen LogP contribution in [-0.4, -0.2) is 233 Å². The summed E-state index contributed by atoms with van der Waals surface area (Å²) < 4.78 is 49.0. The molecule has 22 nitrogen and oxygen atoms in total. The first-order chi connectivity index (χ1) is 35.2. The molecular weight excluding hydrogens is 989 g/mol.